The first-order valence-electron chi connectivity index (χ1n) is 7.15. The molecule has 1 aliphatic heterocycles. The van der Waals surface area contributed by atoms with E-state index >= 15 is 0 Å². The number of ether oxygens (including phenoxy) is 4. The summed E-state index contributed by atoms with van der Waals surface area (Å²) < 4.78 is 22.3. The van der Waals surface area contributed by atoms with E-state index in [9.17, 15) is 0 Å². The summed E-state index contributed by atoms with van der Waals surface area (Å²) in [6.45, 7) is 11.2. The predicted molar refractivity (Wildman–Crippen MR) is 80.7 cm³/mol. The molecule has 0 aromatic rings. The van der Waals surface area contributed by atoms with Crippen LogP contribution in [0.4, 0.5) is 0 Å². The predicted octanol–water partition coefficient (Wildman–Crippen LogP) is 2.90. The van der Waals surface area contributed by atoms with Gasteiger partial charge in [0.1, 0.15) is 13.2 Å². The van der Waals surface area contributed by atoms with Crippen molar-refractivity contribution in [1.29, 1.82) is 0 Å². The van der Waals surface area contributed by atoms with Gasteiger partial charge in [-0.1, -0.05) is 17.9 Å². The molecule has 1 fully saturated rings. The van der Waals surface area contributed by atoms with Crippen LogP contribution in [0, 0.1) is 0 Å². The summed E-state index contributed by atoms with van der Waals surface area (Å²) in [5, 5.41) is 0. The van der Waals surface area contributed by atoms with E-state index in [1.807, 2.05) is 26.0 Å². The quantitative estimate of drug-likeness (QED) is 0.643. The Hall–Kier alpha value is -1.74. The van der Waals surface area contributed by atoms with Gasteiger partial charge in [0.15, 0.2) is 5.76 Å². The lowest BCUT2D eigenvalue weighted by Crippen LogP contribution is -2.14. The summed E-state index contributed by atoms with van der Waals surface area (Å²) in [6.07, 6.45) is 3.78. The van der Waals surface area contributed by atoms with Gasteiger partial charge >= 0.3 is 0 Å². The van der Waals surface area contributed by atoms with Crippen LogP contribution >= 0.6 is 0 Å². The van der Waals surface area contributed by atoms with Crippen molar-refractivity contribution in [3.63, 3.8) is 0 Å². The highest BCUT2D eigenvalue weighted by atomic mass is 16.6. The Labute approximate surface area is 126 Å². The molecule has 0 bridgehead atoms. The highest BCUT2D eigenvalue weighted by Crippen LogP contribution is 2.24. The second-order valence-corrected chi connectivity index (χ2v) is 4.99. The van der Waals surface area contributed by atoms with Gasteiger partial charge in [-0.05, 0) is 37.1 Å². The van der Waals surface area contributed by atoms with Crippen molar-refractivity contribution in [3.05, 3.63) is 52.7 Å². The third-order valence-electron chi connectivity index (χ3n) is 3.09. The zero-order valence-corrected chi connectivity index (χ0v) is 12.7. The van der Waals surface area contributed by atoms with E-state index < -0.39 is 0 Å². The molecular formula is C17H22O4. The van der Waals surface area contributed by atoms with Gasteiger partial charge in [-0.15, -0.1) is 0 Å². The maximum atomic E-state index is 5.76. The van der Waals surface area contributed by atoms with Crippen LogP contribution in [-0.2, 0) is 18.9 Å². The lowest BCUT2D eigenvalue weighted by atomic mass is 10.0. The molecule has 4 nitrogen and oxygen atoms in total. The first-order valence-corrected chi connectivity index (χ1v) is 7.15. The van der Waals surface area contributed by atoms with Crippen molar-refractivity contribution in [1.82, 2.24) is 0 Å². The summed E-state index contributed by atoms with van der Waals surface area (Å²) in [7, 11) is 0. The SMILES string of the molecule is C=C1C=C2OCCOCCOCCOC2=C=CC1=C(C)C. The molecule has 0 atom stereocenters. The molecule has 0 aromatic heterocycles. The monoisotopic (exact) mass is 290 g/mol. The summed E-state index contributed by atoms with van der Waals surface area (Å²) >= 11 is 0. The Morgan fingerprint density at radius 2 is 1.62 bits per heavy atom. The minimum absolute atomic E-state index is 0.452. The van der Waals surface area contributed by atoms with Gasteiger partial charge < -0.3 is 18.9 Å². The Balaban J connectivity index is 2.24. The molecule has 1 saturated heterocycles. The molecule has 114 valence electrons. The van der Waals surface area contributed by atoms with E-state index in [1.54, 1.807) is 0 Å². The number of allylic oxidation sites excluding steroid dienone is 4. The zero-order chi connectivity index (χ0) is 15.1. The second-order valence-electron chi connectivity index (χ2n) is 4.99. The van der Waals surface area contributed by atoms with E-state index in [-0.39, 0.29) is 0 Å². The number of rotatable bonds is 0. The molecule has 0 aromatic carbocycles. The van der Waals surface area contributed by atoms with Crippen molar-refractivity contribution in [3.8, 4) is 0 Å². The molecule has 1 heterocycles. The fourth-order valence-corrected chi connectivity index (χ4v) is 2.02. The van der Waals surface area contributed by atoms with Gasteiger partial charge in [0.05, 0.1) is 26.4 Å². The van der Waals surface area contributed by atoms with Crippen LogP contribution in [0.15, 0.2) is 52.7 Å². The van der Waals surface area contributed by atoms with Crippen LogP contribution in [0.1, 0.15) is 13.8 Å². The van der Waals surface area contributed by atoms with Crippen molar-refractivity contribution in [2.75, 3.05) is 39.6 Å². The van der Waals surface area contributed by atoms with Crippen LogP contribution in [0.5, 0.6) is 0 Å². The topological polar surface area (TPSA) is 36.9 Å². The summed E-state index contributed by atoms with van der Waals surface area (Å²) in [5.74, 6) is 1.22. The van der Waals surface area contributed by atoms with Gasteiger partial charge in [-0.3, -0.25) is 0 Å². The third kappa shape index (κ3) is 4.64. The maximum absolute atomic E-state index is 5.76. The van der Waals surface area contributed by atoms with Crippen LogP contribution in [0.3, 0.4) is 0 Å². The molecule has 2 aliphatic rings. The molecule has 21 heavy (non-hydrogen) atoms. The Kier molecular flexibility index (Phi) is 5.88. The third-order valence-corrected chi connectivity index (χ3v) is 3.09. The number of fused-ring (bicyclic) bond motifs is 1. The molecular weight excluding hydrogens is 268 g/mol. The van der Waals surface area contributed by atoms with E-state index in [0.717, 1.165) is 11.1 Å². The molecule has 4 heteroatoms. The van der Waals surface area contributed by atoms with Crippen LogP contribution in [0.25, 0.3) is 0 Å². The Bertz CT molecular complexity index is 515. The van der Waals surface area contributed by atoms with Crippen molar-refractivity contribution in [2.45, 2.75) is 13.8 Å². The summed E-state index contributed by atoms with van der Waals surface area (Å²) in [6, 6.07) is 0. The standard InChI is InChI=1S/C17H22O4/c1-13(2)15-4-5-16-17(12-14(15)3)21-11-9-19-7-6-18-8-10-20-16/h4,12H,3,6-11H2,1-2H3. The molecule has 0 unspecified atom stereocenters. The Morgan fingerprint density at radius 1 is 1.00 bits per heavy atom. The molecule has 1 aliphatic carbocycles. The fraction of sp³-hybridized carbons (Fsp3) is 0.471. The highest BCUT2D eigenvalue weighted by Gasteiger charge is 2.14. The summed E-state index contributed by atoms with van der Waals surface area (Å²) in [5.41, 5.74) is 6.27. The van der Waals surface area contributed by atoms with E-state index in [0.29, 0.717) is 51.2 Å². The normalized spacial score (nSPS) is 20.7. The smallest absolute Gasteiger partial charge is 0.205 e. The van der Waals surface area contributed by atoms with Gasteiger partial charge in [0.25, 0.3) is 0 Å². The highest BCUT2D eigenvalue weighted by molar-refractivity contribution is 5.51. The lowest BCUT2D eigenvalue weighted by Gasteiger charge is -2.15. The summed E-state index contributed by atoms with van der Waals surface area (Å²) in [4.78, 5) is 0. The van der Waals surface area contributed by atoms with Gasteiger partial charge in [0.2, 0.25) is 5.76 Å². The zero-order valence-electron chi connectivity index (χ0n) is 12.7. The number of hydrogen-bond donors (Lipinski definition) is 0. The van der Waals surface area contributed by atoms with E-state index in [1.165, 1.54) is 5.57 Å². The fourth-order valence-electron chi connectivity index (χ4n) is 2.02. The van der Waals surface area contributed by atoms with E-state index in [2.05, 4.69) is 12.3 Å². The lowest BCUT2D eigenvalue weighted by molar-refractivity contribution is 0.00120. The first kappa shape index (κ1) is 15.6. The largest absolute Gasteiger partial charge is 0.487 e. The molecule has 0 spiro atoms. The molecule has 0 saturated carbocycles. The van der Waals surface area contributed by atoms with Crippen LogP contribution in [-0.4, -0.2) is 39.6 Å². The Morgan fingerprint density at radius 3 is 2.29 bits per heavy atom. The minimum Gasteiger partial charge on any atom is -0.487 e. The molecule has 2 rings (SSSR count). The second kappa shape index (κ2) is 7.89. The van der Waals surface area contributed by atoms with Crippen LogP contribution in [0.2, 0.25) is 0 Å². The minimum atomic E-state index is 0.452. The van der Waals surface area contributed by atoms with Crippen molar-refractivity contribution < 1.29 is 18.9 Å². The van der Waals surface area contributed by atoms with Gasteiger partial charge in [-0.25, -0.2) is 0 Å². The van der Waals surface area contributed by atoms with E-state index in [4.69, 9.17) is 18.9 Å². The molecule has 0 amide bonds. The molecule has 0 radical (unpaired) electrons. The van der Waals surface area contributed by atoms with Crippen LogP contribution < -0.4 is 0 Å². The first-order chi connectivity index (χ1) is 10.2. The van der Waals surface area contributed by atoms with Crippen molar-refractivity contribution in [2.24, 2.45) is 0 Å². The maximum Gasteiger partial charge on any atom is 0.205 e. The molecule has 0 N–H and O–H groups in total. The average Bonchev–Trinajstić information content (AvgIpc) is 2.58. The number of hydrogen-bond acceptors (Lipinski definition) is 4. The average molecular weight is 290 g/mol. The van der Waals surface area contributed by atoms with Crippen molar-refractivity contribution >= 4 is 0 Å². The van der Waals surface area contributed by atoms with Gasteiger partial charge in [-0.2, -0.15) is 0 Å². The van der Waals surface area contributed by atoms with Gasteiger partial charge in [0, 0.05) is 0 Å².